The summed E-state index contributed by atoms with van der Waals surface area (Å²) in [4.78, 5) is 0. The number of rotatable bonds is 5. The Morgan fingerprint density at radius 3 is 2.75 bits per heavy atom. The van der Waals surface area contributed by atoms with Crippen molar-refractivity contribution in [3.63, 3.8) is 0 Å². The van der Waals surface area contributed by atoms with Gasteiger partial charge < -0.3 is 15.6 Å². The fourth-order valence-electron chi connectivity index (χ4n) is 1.54. The van der Waals surface area contributed by atoms with Crippen LogP contribution in [-0.2, 0) is 6.42 Å². The lowest BCUT2D eigenvalue weighted by atomic mass is 10.1. The smallest absolute Gasteiger partial charge is 0.166 e. The van der Waals surface area contributed by atoms with Gasteiger partial charge in [0.1, 0.15) is 5.82 Å². The fraction of sp³-hybridized carbons (Fsp3) is 0.455. The van der Waals surface area contributed by atoms with Crippen LogP contribution in [-0.4, -0.2) is 18.8 Å². The molecule has 90 valence electrons. The van der Waals surface area contributed by atoms with Crippen LogP contribution in [0.2, 0.25) is 0 Å². The zero-order valence-corrected chi connectivity index (χ0v) is 10.7. The van der Waals surface area contributed by atoms with E-state index in [-0.39, 0.29) is 21.8 Å². The number of halogens is 2. The SMILES string of the molecule is COc1c(O)cc(Br)c(F)c1CCCCN. The number of unbranched alkanes of at least 4 members (excludes halogenated alkanes) is 1. The third-order valence-electron chi connectivity index (χ3n) is 2.33. The van der Waals surface area contributed by atoms with Gasteiger partial charge in [-0.25, -0.2) is 4.39 Å². The largest absolute Gasteiger partial charge is 0.504 e. The number of hydrogen-bond acceptors (Lipinski definition) is 3. The summed E-state index contributed by atoms with van der Waals surface area (Å²) in [6, 6.07) is 1.29. The Kier molecular flexibility index (Phi) is 5.02. The lowest BCUT2D eigenvalue weighted by molar-refractivity contribution is 0.363. The number of phenolic OH excluding ortho intramolecular Hbond substituents is 1. The van der Waals surface area contributed by atoms with Crippen LogP contribution in [0.5, 0.6) is 11.5 Å². The van der Waals surface area contributed by atoms with Crippen molar-refractivity contribution >= 4 is 15.9 Å². The van der Waals surface area contributed by atoms with Gasteiger partial charge in [-0.1, -0.05) is 0 Å². The van der Waals surface area contributed by atoms with Crippen LogP contribution >= 0.6 is 15.9 Å². The Bertz CT molecular complexity index is 371. The molecule has 0 radical (unpaired) electrons. The average Bonchev–Trinajstić information content (AvgIpc) is 2.25. The quantitative estimate of drug-likeness (QED) is 0.820. The molecule has 0 amide bonds. The van der Waals surface area contributed by atoms with E-state index in [4.69, 9.17) is 10.5 Å². The predicted octanol–water partition coefficient (Wildman–Crippen LogP) is 2.58. The highest BCUT2D eigenvalue weighted by atomic mass is 79.9. The molecule has 0 heterocycles. The molecule has 16 heavy (non-hydrogen) atoms. The van der Waals surface area contributed by atoms with Crippen molar-refractivity contribution in [2.45, 2.75) is 19.3 Å². The Hall–Kier alpha value is -0.810. The highest BCUT2D eigenvalue weighted by molar-refractivity contribution is 9.10. The second-order valence-electron chi connectivity index (χ2n) is 3.45. The number of aromatic hydroxyl groups is 1. The molecular weight excluding hydrogens is 277 g/mol. The van der Waals surface area contributed by atoms with Gasteiger partial charge in [-0.3, -0.25) is 0 Å². The van der Waals surface area contributed by atoms with Gasteiger partial charge in [0.25, 0.3) is 0 Å². The Labute approximate surface area is 103 Å². The molecule has 0 unspecified atom stereocenters. The number of hydrogen-bond donors (Lipinski definition) is 2. The molecule has 0 aliphatic rings. The molecular formula is C11H15BrFNO2. The van der Waals surface area contributed by atoms with Gasteiger partial charge in [0.2, 0.25) is 0 Å². The maximum Gasteiger partial charge on any atom is 0.166 e. The van der Waals surface area contributed by atoms with E-state index in [1.807, 2.05) is 0 Å². The highest BCUT2D eigenvalue weighted by Crippen LogP contribution is 2.37. The second kappa shape index (κ2) is 6.06. The van der Waals surface area contributed by atoms with Gasteiger partial charge in [-0.05, 0) is 41.7 Å². The maximum absolute atomic E-state index is 13.8. The van der Waals surface area contributed by atoms with Crippen molar-refractivity contribution < 1.29 is 14.2 Å². The zero-order chi connectivity index (χ0) is 12.1. The zero-order valence-electron chi connectivity index (χ0n) is 9.09. The van der Waals surface area contributed by atoms with Gasteiger partial charge in [0.05, 0.1) is 11.6 Å². The summed E-state index contributed by atoms with van der Waals surface area (Å²) >= 11 is 3.05. The van der Waals surface area contributed by atoms with E-state index in [1.165, 1.54) is 13.2 Å². The summed E-state index contributed by atoms with van der Waals surface area (Å²) in [6.07, 6.45) is 2.08. The standard InChI is InChI=1S/C11H15BrFNO2/c1-16-11-7(4-2-3-5-14)10(13)8(12)6-9(11)15/h6,15H,2-5,14H2,1H3. The summed E-state index contributed by atoms with van der Waals surface area (Å²) in [5, 5.41) is 9.61. The first-order valence-corrected chi connectivity index (χ1v) is 5.85. The molecule has 3 nitrogen and oxygen atoms in total. The number of ether oxygens (including phenoxy) is 1. The minimum absolute atomic E-state index is 0.0569. The van der Waals surface area contributed by atoms with Gasteiger partial charge >= 0.3 is 0 Å². The van der Waals surface area contributed by atoms with Crippen molar-refractivity contribution in [3.8, 4) is 11.5 Å². The third-order valence-corrected chi connectivity index (χ3v) is 2.91. The Morgan fingerprint density at radius 2 is 2.19 bits per heavy atom. The van der Waals surface area contributed by atoms with Crippen molar-refractivity contribution in [1.82, 2.24) is 0 Å². The summed E-state index contributed by atoms with van der Waals surface area (Å²) in [5.74, 6) is -0.233. The summed E-state index contributed by atoms with van der Waals surface area (Å²) in [6.45, 7) is 0.573. The number of nitrogens with two attached hydrogens (primary N) is 1. The van der Waals surface area contributed by atoms with Crippen molar-refractivity contribution in [2.75, 3.05) is 13.7 Å². The molecule has 0 saturated carbocycles. The van der Waals surface area contributed by atoms with E-state index in [0.29, 0.717) is 18.5 Å². The molecule has 0 fully saturated rings. The van der Waals surface area contributed by atoms with Gasteiger partial charge in [0.15, 0.2) is 11.5 Å². The minimum atomic E-state index is -0.383. The Morgan fingerprint density at radius 1 is 1.50 bits per heavy atom. The average molecular weight is 292 g/mol. The Balaban J connectivity index is 3.02. The van der Waals surface area contributed by atoms with E-state index < -0.39 is 0 Å². The second-order valence-corrected chi connectivity index (χ2v) is 4.30. The number of phenols is 1. The number of benzene rings is 1. The third kappa shape index (κ3) is 2.86. The molecule has 1 aromatic carbocycles. The molecule has 0 aliphatic heterocycles. The van der Waals surface area contributed by atoms with Crippen molar-refractivity contribution in [1.29, 1.82) is 0 Å². The minimum Gasteiger partial charge on any atom is -0.504 e. The van der Waals surface area contributed by atoms with Gasteiger partial charge in [-0.15, -0.1) is 0 Å². The molecule has 5 heteroatoms. The topological polar surface area (TPSA) is 55.5 Å². The molecule has 1 rings (SSSR count). The maximum atomic E-state index is 13.8. The molecule has 0 aliphatic carbocycles. The fourth-order valence-corrected chi connectivity index (χ4v) is 2.00. The first-order chi connectivity index (χ1) is 7.61. The van der Waals surface area contributed by atoms with Gasteiger partial charge in [0, 0.05) is 11.6 Å². The van der Waals surface area contributed by atoms with E-state index in [9.17, 15) is 9.50 Å². The molecule has 0 spiro atoms. The van der Waals surface area contributed by atoms with E-state index >= 15 is 0 Å². The molecule has 0 aromatic heterocycles. The van der Waals surface area contributed by atoms with E-state index in [0.717, 1.165) is 12.8 Å². The predicted molar refractivity (Wildman–Crippen MR) is 64.3 cm³/mol. The first-order valence-electron chi connectivity index (χ1n) is 5.05. The van der Waals surface area contributed by atoms with Crippen LogP contribution in [0.1, 0.15) is 18.4 Å². The monoisotopic (exact) mass is 291 g/mol. The summed E-state index contributed by atoms with van der Waals surface area (Å²) in [5.41, 5.74) is 5.77. The lowest BCUT2D eigenvalue weighted by Crippen LogP contribution is -2.02. The van der Waals surface area contributed by atoms with E-state index in [1.54, 1.807) is 0 Å². The van der Waals surface area contributed by atoms with Crippen LogP contribution in [0.4, 0.5) is 4.39 Å². The molecule has 0 atom stereocenters. The number of methoxy groups -OCH3 is 1. The normalized spacial score (nSPS) is 10.5. The van der Waals surface area contributed by atoms with Crippen LogP contribution in [0, 0.1) is 5.82 Å². The molecule has 0 bridgehead atoms. The van der Waals surface area contributed by atoms with Crippen molar-refractivity contribution in [2.24, 2.45) is 5.73 Å². The summed E-state index contributed by atoms with van der Waals surface area (Å²) in [7, 11) is 1.41. The first kappa shape index (κ1) is 13.3. The van der Waals surface area contributed by atoms with Crippen LogP contribution < -0.4 is 10.5 Å². The lowest BCUT2D eigenvalue weighted by Gasteiger charge is -2.12. The van der Waals surface area contributed by atoms with Crippen molar-refractivity contribution in [3.05, 3.63) is 21.9 Å². The summed E-state index contributed by atoms with van der Waals surface area (Å²) < 4.78 is 19.0. The molecule has 1 aromatic rings. The molecule has 0 saturated heterocycles. The van der Waals surface area contributed by atoms with Crippen LogP contribution in [0.15, 0.2) is 10.5 Å². The van der Waals surface area contributed by atoms with Crippen LogP contribution in [0.3, 0.4) is 0 Å². The van der Waals surface area contributed by atoms with Gasteiger partial charge in [-0.2, -0.15) is 0 Å². The van der Waals surface area contributed by atoms with E-state index in [2.05, 4.69) is 15.9 Å². The molecule has 3 N–H and O–H groups in total. The van der Waals surface area contributed by atoms with Crippen LogP contribution in [0.25, 0.3) is 0 Å². The highest BCUT2D eigenvalue weighted by Gasteiger charge is 2.17.